The Morgan fingerprint density at radius 1 is 1.26 bits per heavy atom. The van der Waals surface area contributed by atoms with E-state index in [4.69, 9.17) is 9.15 Å². The summed E-state index contributed by atoms with van der Waals surface area (Å²) in [5.41, 5.74) is 0.474. The van der Waals surface area contributed by atoms with E-state index >= 15 is 0 Å². The summed E-state index contributed by atoms with van der Waals surface area (Å²) in [5.74, 6) is -0.0266. The van der Waals surface area contributed by atoms with E-state index in [1.54, 1.807) is 51.1 Å². The molecule has 0 spiro atoms. The fraction of sp³-hybridized carbons (Fsp3) is 0.222. The lowest BCUT2D eigenvalue weighted by Crippen LogP contribution is -2.41. The Bertz CT molecular complexity index is 992. The molecule has 2 amide bonds. The van der Waals surface area contributed by atoms with Crippen molar-refractivity contribution in [2.24, 2.45) is 0 Å². The molecule has 2 aromatic heterocycles. The van der Waals surface area contributed by atoms with Crippen molar-refractivity contribution in [1.82, 2.24) is 9.97 Å². The fourth-order valence-electron chi connectivity index (χ4n) is 2.32. The van der Waals surface area contributed by atoms with Crippen LogP contribution in [-0.4, -0.2) is 32.9 Å². The molecule has 0 atom stereocenters. The number of oxazole rings is 1. The number of para-hydroxylation sites is 2. The minimum Gasteiger partial charge on any atom is -0.464 e. The number of hydrogen-bond acceptors (Lipinski definition) is 6. The first-order valence-corrected chi connectivity index (χ1v) is 8.72. The SMILES string of the molecule is CC(C)(C)OC(=O)N(C(=O)O)c1ncc(Br)cc1-c1nc2ccccc2o1. The maximum absolute atomic E-state index is 12.5. The number of benzene rings is 1. The van der Waals surface area contributed by atoms with Crippen molar-refractivity contribution < 1.29 is 23.8 Å². The number of ether oxygens (including phenoxy) is 1. The van der Waals surface area contributed by atoms with Crippen LogP contribution in [0.2, 0.25) is 0 Å². The number of carboxylic acid groups (broad SMARTS) is 1. The number of carbonyl (C=O) groups excluding carboxylic acids is 1. The summed E-state index contributed by atoms with van der Waals surface area (Å²) in [6, 6.07) is 8.67. The van der Waals surface area contributed by atoms with E-state index in [-0.39, 0.29) is 17.3 Å². The molecular formula is C18H16BrN3O5. The first kappa shape index (κ1) is 18.8. The van der Waals surface area contributed by atoms with Crippen LogP contribution in [0.15, 0.2) is 45.4 Å². The summed E-state index contributed by atoms with van der Waals surface area (Å²) in [6.45, 7) is 4.92. The predicted octanol–water partition coefficient (Wildman–Crippen LogP) is 5.07. The largest absolute Gasteiger partial charge is 0.464 e. The highest BCUT2D eigenvalue weighted by Gasteiger charge is 2.33. The molecule has 1 N–H and O–H groups in total. The van der Waals surface area contributed by atoms with Gasteiger partial charge in [-0.1, -0.05) is 12.1 Å². The highest BCUT2D eigenvalue weighted by atomic mass is 79.9. The van der Waals surface area contributed by atoms with Crippen molar-refractivity contribution in [1.29, 1.82) is 0 Å². The summed E-state index contributed by atoms with van der Waals surface area (Å²) < 4.78 is 11.5. The van der Waals surface area contributed by atoms with Crippen LogP contribution in [0.4, 0.5) is 15.4 Å². The molecule has 27 heavy (non-hydrogen) atoms. The number of halogens is 1. The number of amides is 2. The molecule has 3 aromatic rings. The fourth-order valence-corrected chi connectivity index (χ4v) is 2.65. The summed E-state index contributed by atoms with van der Waals surface area (Å²) >= 11 is 3.30. The molecule has 0 saturated heterocycles. The predicted molar refractivity (Wildman–Crippen MR) is 102 cm³/mol. The quantitative estimate of drug-likeness (QED) is 0.600. The second-order valence-electron chi connectivity index (χ2n) is 6.61. The van der Waals surface area contributed by atoms with Gasteiger partial charge in [-0.3, -0.25) is 0 Å². The standard InChI is InChI=1S/C18H16BrN3O5/c1-18(2,3)27-17(25)22(16(23)24)14-11(8-10(19)9-20-14)15-21-12-6-4-5-7-13(12)26-15/h4-9H,1-3H3,(H,23,24). The summed E-state index contributed by atoms with van der Waals surface area (Å²) in [4.78, 5) is 33.1. The van der Waals surface area contributed by atoms with Crippen LogP contribution in [0.1, 0.15) is 20.8 Å². The third kappa shape index (κ3) is 4.08. The molecule has 8 nitrogen and oxygen atoms in total. The Balaban J connectivity index is 2.14. The Labute approximate surface area is 162 Å². The van der Waals surface area contributed by atoms with Crippen LogP contribution in [0, 0.1) is 0 Å². The molecule has 0 bridgehead atoms. The first-order valence-electron chi connectivity index (χ1n) is 7.93. The summed E-state index contributed by atoms with van der Waals surface area (Å²) in [7, 11) is 0. The number of carbonyl (C=O) groups is 2. The molecule has 3 rings (SSSR count). The number of anilines is 1. The van der Waals surface area contributed by atoms with E-state index in [1.165, 1.54) is 6.20 Å². The Morgan fingerprint density at radius 2 is 1.96 bits per heavy atom. The van der Waals surface area contributed by atoms with Gasteiger partial charge in [0.2, 0.25) is 5.89 Å². The smallest absolute Gasteiger partial charge is 0.425 e. The second kappa shape index (κ2) is 6.99. The molecule has 0 radical (unpaired) electrons. The van der Waals surface area contributed by atoms with Gasteiger partial charge in [-0.15, -0.1) is 0 Å². The zero-order valence-electron chi connectivity index (χ0n) is 14.8. The van der Waals surface area contributed by atoms with E-state index in [1.807, 2.05) is 0 Å². The molecule has 2 heterocycles. The van der Waals surface area contributed by atoms with Gasteiger partial charge in [0.05, 0.1) is 5.56 Å². The zero-order valence-corrected chi connectivity index (χ0v) is 16.3. The molecule has 9 heteroatoms. The van der Waals surface area contributed by atoms with Gasteiger partial charge >= 0.3 is 12.2 Å². The van der Waals surface area contributed by atoms with Crippen LogP contribution in [0.3, 0.4) is 0 Å². The Kier molecular flexibility index (Phi) is 4.88. The average molecular weight is 434 g/mol. The first-order chi connectivity index (χ1) is 12.7. The number of nitrogens with zero attached hydrogens (tertiary/aromatic N) is 3. The maximum atomic E-state index is 12.5. The molecule has 0 aliphatic rings. The van der Waals surface area contributed by atoms with E-state index in [0.29, 0.717) is 20.5 Å². The maximum Gasteiger partial charge on any atom is 0.425 e. The lowest BCUT2D eigenvalue weighted by atomic mass is 10.2. The van der Waals surface area contributed by atoms with Gasteiger partial charge in [0.25, 0.3) is 0 Å². The molecule has 0 unspecified atom stereocenters. The van der Waals surface area contributed by atoms with Gasteiger partial charge in [0.1, 0.15) is 11.1 Å². The van der Waals surface area contributed by atoms with Gasteiger partial charge in [-0.05, 0) is 54.9 Å². The normalized spacial score (nSPS) is 11.4. The number of rotatable bonds is 2. The second-order valence-corrected chi connectivity index (χ2v) is 7.53. The van der Waals surface area contributed by atoms with E-state index in [2.05, 4.69) is 25.9 Å². The average Bonchev–Trinajstić information content (AvgIpc) is 2.98. The third-order valence-corrected chi connectivity index (χ3v) is 3.77. The molecule has 140 valence electrons. The molecule has 0 aliphatic carbocycles. The lowest BCUT2D eigenvalue weighted by Gasteiger charge is -2.24. The summed E-state index contributed by atoms with van der Waals surface area (Å²) in [5, 5.41) is 9.60. The molecular weight excluding hydrogens is 418 g/mol. The highest BCUT2D eigenvalue weighted by molar-refractivity contribution is 9.10. The van der Waals surface area contributed by atoms with Crippen molar-refractivity contribution in [3.05, 3.63) is 41.0 Å². The van der Waals surface area contributed by atoms with Gasteiger partial charge in [0.15, 0.2) is 11.4 Å². The van der Waals surface area contributed by atoms with Crippen molar-refractivity contribution in [2.45, 2.75) is 26.4 Å². The van der Waals surface area contributed by atoms with Crippen LogP contribution in [-0.2, 0) is 4.74 Å². The van der Waals surface area contributed by atoms with Gasteiger partial charge < -0.3 is 14.3 Å². The number of pyridine rings is 1. The Morgan fingerprint density at radius 3 is 2.59 bits per heavy atom. The van der Waals surface area contributed by atoms with E-state index in [0.717, 1.165) is 0 Å². The van der Waals surface area contributed by atoms with Crippen molar-refractivity contribution in [3.63, 3.8) is 0 Å². The Hall–Kier alpha value is -2.94. The van der Waals surface area contributed by atoms with Gasteiger partial charge in [-0.2, -0.15) is 4.90 Å². The number of imide groups is 1. The minimum atomic E-state index is -1.53. The van der Waals surface area contributed by atoms with E-state index < -0.39 is 17.8 Å². The number of aromatic nitrogens is 2. The summed E-state index contributed by atoms with van der Waals surface area (Å²) in [6.07, 6.45) is -1.22. The van der Waals surface area contributed by atoms with Crippen LogP contribution >= 0.6 is 15.9 Å². The molecule has 0 saturated carbocycles. The number of hydrogen-bond donors (Lipinski definition) is 1. The van der Waals surface area contributed by atoms with Crippen molar-refractivity contribution in [3.8, 4) is 11.5 Å². The minimum absolute atomic E-state index is 0.134. The van der Waals surface area contributed by atoms with Crippen LogP contribution < -0.4 is 4.90 Å². The van der Waals surface area contributed by atoms with Gasteiger partial charge in [0, 0.05) is 10.7 Å². The number of fused-ring (bicyclic) bond motifs is 1. The molecule has 0 aliphatic heterocycles. The topological polar surface area (TPSA) is 106 Å². The zero-order chi connectivity index (χ0) is 19.8. The van der Waals surface area contributed by atoms with Gasteiger partial charge in [-0.25, -0.2) is 19.6 Å². The lowest BCUT2D eigenvalue weighted by molar-refractivity contribution is 0.0581. The van der Waals surface area contributed by atoms with Crippen molar-refractivity contribution in [2.75, 3.05) is 4.90 Å². The molecule has 1 aromatic carbocycles. The van der Waals surface area contributed by atoms with Crippen LogP contribution in [0.5, 0.6) is 0 Å². The highest BCUT2D eigenvalue weighted by Crippen LogP contribution is 2.33. The van der Waals surface area contributed by atoms with Crippen molar-refractivity contribution >= 4 is 45.0 Å². The molecule has 0 fully saturated rings. The third-order valence-electron chi connectivity index (χ3n) is 3.34. The van der Waals surface area contributed by atoms with Crippen LogP contribution in [0.25, 0.3) is 22.6 Å². The monoisotopic (exact) mass is 433 g/mol. The van der Waals surface area contributed by atoms with E-state index in [9.17, 15) is 14.7 Å².